The highest BCUT2D eigenvalue weighted by atomic mass is 19.4. The summed E-state index contributed by atoms with van der Waals surface area (Å²) in [6.45, 7) is 2.10. The highest BCUT2D eigenvalue weighted by molar-refractivity contribution is 5.90. The predicted molar refractivity (Wildman–Crippen MR) is 90.8 cm³/mol. The van der Waals surface area contributed by atoms with Crippen molar-refractivity contribution < 1.29 is 27.4 Å². The molecule has 0 N–H and O–H groups in total. The first-order valence-electron chi connectivity index (χ1n) is 8.42. The number of alkyl halides is 3. The molecule has 0 bridgehead atoms. The number of rotatable bonds is 3. The van der Waals surface area contributed by atoms with E-state index in [1.165, 1.54) is 12.1 Å². The smallest absolute Gasteiger partial charge is 0.447 e. The van der Waals surface area contributed by atoms with Crippen molar-refractivity contribution in [1.82, 2.24) is 4.98 Å². The van der Waals surface area contributed by atoms with E-state index in [9.17, 15) is 18.0 Å². The average Bonchev–Trinajstić information content (AvgIpc) is 3.06. The van der Waals surface area contributed by atoms with E-state index in [4.69, 9.17) is 4.74 Å². The molecule has 0 saturated carbocycles. The third-order valence-corrected chi connectivity index (χ3v) is 4.57. The van der Waals surface area contributed by atoms with Crippen LogP contribution in [0, 0.1) is 0 Å². The van der Waals surface area contributed by atoms with E-state index in [0.29, 0.717) is 38.5 Å². The normalized spacial score (nSPS) is 16.9. The van der Waals surface area contributed by atoms with Crippen LogP contribution < -0.4 is 14.5 Å². The molecule has 9 heteroatoms. The van der Waals surface area contributed by atoms with Crippen LogP contribution in [0.25, 0.3) is 0 Å². The number of nitrogens with zero attached hydrogens (tertiary/aromatic N) is 3. The Hall–Kier alpha value is -2.97. The minimum absolute atomic E-state index is 0.340. The highest BCUT2D eigenvalue weighted by Crippen LogP contribution is 2.32. The summed E-state index contributed by atoms with van der Waals surface area (Å²) in [7, 11) is 0. The average molecular weight is 379 g/mol. The number of halogens is 3. The summed E-state index contributed by atoms with van der Waals surface area (Å²) in [5.41, 5.74) is 3.00. The van der Waals surface area contributed by atoms with Crippen LogP contribution in [0.2, 0.25) is 0 Å². The van der Waals surface area contributed by atoms with Crippen molar-refractivity contribution in [2.45, 2.75) is 19.3 Å². The van der Waals surface area contributed by atoms with E-state index in [0.717, 1.165) is 23.0 Å². The summed E-state index contributed by atoms with van der Waals surface area (Å²) in [6.07, 6.45) is -3.32. The van der Waals surface area contributed by atoms with Gasteiger partial charge in [0.25, 0.3) is 0 Å². The van der Waals surface area contributed by atoms with E-state index in [1.54, 1.807) is 4.90 Å². The minimum atomic E-state index is -4.74. The molecular weight excluding hydrogens is 363 g/mol. The summed E-state index contributed by atoms with van der Waals surface area (Å²) in [4.78, 5) is 19.6. The molecule has 1 fully saturated rings. The minimum Gasteiger partial charge on any atom is -0.447 e. The van der Waals surface area contributed by atoms with E-state index < -0.39 is 6.36 Å². The number of pyridine rings is 1. The second-order valence-electron chi connectivity index (χ2n) is 6.25. The molecule has 1 saturated heterocycles. The van der Waals surface area contributed by atoms with Crippen LogP contribution in [0.1, 0.15) is 11.1 Å². The number of carbonyl (C=O) groups is 1. The summed E-state index contributed by atoms with van der Waals surface area (Å²) < 4.78 is 45.6. The van der Waals surface area contributed by atoms with E-state index in [1.807, 2.05) is 23.1 Å². The largest absolute Gasteiger partial charge is 0.573 e. The summed E-state index contributed by atoms with van der Waals surface area (Å²) in [5, 5.41) is 0. The van der Waals surface area contributed by atoms with Crippen LogP contribution in [0.5, 0.6) is 5.75 Å². The number of fused-ring (bicyclic) bond motifs is 1. The fourth-order valence-electron chi connectivity index (χ4n) is 3.40. The maximum Gasteiger partial charge on any atom is 0.573 e. The van der Waals surface area contributed by atoms with Gasteiger partial charge in [0, 0.05) is 13.1 Å². The Bertz CT molecular complexity index is 855. The van der Waals surface area contributed by atoms with Crippen LogP contribution in [-0.2, 0) is 17.7 Å². The molecule has 4 rings (SSSR count). The van der Waals surface area contributed by atoms with Crippen LogP contribution >= 0.6 is 0 Å². The molecule has 1 aromatic heterocycles. The number of carbonyl (C=O) groups excluding carboxylic acids is 1. The van der Waals surface area contributed by atoms with Gasteiger partial charge in [0.2, 0.25) is 0 Å². The lowest BCUT2D eigenvalue weighted by Gasteiger charge is -2.32. The van der Waals surface area contributed by atoms with Gasteiger partial charge >= 0.3 is 12.5 Å². The quantitative estimate of drug-likeness (QED) is 0.817. The molecule has 2 aromatic rings. The molecule has 142 valence electrons. The molecule has 2 aliphatic rings. The molecule has 6 nitrogen and oxygen atoms in total. The second-order valence-corrected chi connectivity index (χ2v) is 6.25. The van der Waals surface area contributed by atoms with Crippen LogP contribution in [-0.4, -0.2) is 37.1 Å². The monoisotopic (exact) mass is 379 g/mol. The molecule has 2 aliphatic heterocycles. The lowest BCUT2D eigenvalue weighted by Crippen LogP contribution is -2.33. The third kappa shape index (κ3) is 3.62. The standard InChI is InChI=1S/C18H16F3N3O3/c19-18(20,21)27-13-4-5-16(22-10-13)23-7-6-14-12(11-23)2-1-3-15(14)24-8-9-26-17(24)25/h1-5,10H,6-9,11H2. The van der Waals surface area contributed by atoms with Gasteiger partial charge in [-0.15, -0.1) is 13.2 Å². The summed E-state index contributed by atoms with van der Waals surface area (Å²) in [5.74, 6) is 0.222. The van der Waals surface area contributed by atoms with Crippen molar-refractivity contribution in [2.24, 2.45) is 0 Å². The first-order valence-corrected chi connectivity index (χ1v) is 8.42. The Morgan fingerprint density at radius 1 is 1.15 bits per heavy atom. The molecule has 0 radical (unpaired) electrons. The molecule has 3 heterocycles. The maximum atomic E-state index is 12.3. The Kier molecular flexibility index (Phi) is 4.29. The number of anilines is 2. The number of aromatic nitrogens is 1. The van der Waals surface area contributed by atoms with Gasteiger partial charge in [-0.2, -0.15) is 0 Å². The Balaban J connectivity index is 1.53. The van der Waals surface area contributed by atoms with Crippen molar-refractivity contribution in [3.05, 3.63) is 47.7 Å². The molecule has 0 spiro atoms. The van der Waals surface area contributed by atoms with Crippen molar-refractivity contribution >= 4 is 17.6 Å². The van der Waals surface area contributed by atoms with Gasteiger partial charge in [0.05, 0.1) is 18.4 Å². The van der Waals surface area contributed by atoms with E-state index in [2.05, 4.69) is 9.72 Å². The van der Waals surface area contributed by atoms with Gasteiger partial charge < -0.3 is 14.4 Å². The number of cyclic esters (lactones) is 1. The summed E-state index contributed by atoms with van der Waals surface area (Å²) >= 11 is 0. The molecule has 0 unspecified atom stereocenters. The zero-order chi connectivity index (χ0) is 19.0. The molecule has 0 aliphatic carbocycles. The highest BCUT2D eigenvalue weighted by Gasteiger charge is 2.31. The van der Waals surface area contributed by atoms with Gasteiger partial charge in [-0.05, 0) is 35.7 Å². The van der Waals surface area contributed by atoms with Crippen molar-refractivity contribution in [3.63, 3.8) is 0 Å². The molecule has 1 aromatic carbocycles. The maximum absolute atomic E-state index is 12.3. The van der Waals surface area contributed by atoms with Crippen LogP contribution in [0.3, 0.4) is 0 Å². The predicted octanol–water partition coefficient (Wildman–Crippen LogP) is 3.50. The van der Waals surface area contributed by atoms with Crippen molar-refractivity contribution in [2.75, 3.05) is 29.5 Å². The molecule has 0 atom stereocenters. The number of hydrogen-bond acceptors (Lipinski definition) is 5. The second kappa shape index (κ2) is 6.64. The van der Waals surface area contributed by atoms with Crippen molar-refractivity contribution in [1.29, 1.82) is 0 Å². The fourth-order valence-corrected chi connectivity index (χ4v) is 3.40. The Morgan fingerprint density at radius 2 is 2.00 bits per heavy atom. The Labute approximate surface area is 153 Å². The molecular formula is C18H16F3N3O3. The van der Waals surface area contributed by atoms with Gasteiger partial charge in [0.1, 0.15) is 18.2 Å². The molecule has 27 heavy (non-hydrogen) atoms. The first-order chi connectivity index (χ1) is 12.9. The number of hydrogen-bond donors (Lipinski definition) is 0. The summed E-state index contributed by atoms with van der Waals surface area (Å²) in [6, 6.07) is 8.53. The number of ether oxygens (including phenoxy) is 2. The van der Waals surface area contributed by atoms with Gasteiger partial charge in [0.15, 0.2) is 0 Å². The molecule has 1 amide bonds. The van der Waals surface area contributed by atoms with Gasteiger partial charge in [-0.1, -0.05) is 12.1 Å². The lowest BCUT2D eigenvalue weighted by atomic mass is 9.97. The van der Waals surface area contributed by atoms with Crippen LogP contribution in [0.15, 0.2) is 36.5 Å². The van der Waals surface area contributed by atoms with Gasteiger partial charge in [-0.25, -0.2) is 9.78 Å². The topological polar surface area (TPSA) is 54.9 Å². The number of amides is 1. The Morgan fingerprint density at radius 3 is 2.67 bits per heavy atom. The SMILES string of the molecule is O=C1OCCN1c1cccc2c1CCN(c1ccc(OC(F)(F)F)cn1)C2. The van der Waals surface area contributed by atoms with E-state index in [-0.39, 0.29) is 11.8 Å². The van der Waals surface area contributed by atoms with Gasteiger partial charge in [-0.3, -0.25) is 4.90 Å². The third-order valence-electron chi connectivity index (χ3n) is 4.57. The fraction of sp³-hybridized carbons (Fsp3) is 0.333. The first kappa shape index (κ1) is 17.4. The zero-order valence-corrected chi connectivity index (χ0v) is 14.2. The van der Waals surface area contributed by atoms with Crippen LogP contribution in [0.4, 0.5) is 29.5 Å². The zero-order valence-electron chi connectivity index (χ0n) is 14.2. The van der Waals surface area contributed by atoms with E-state index >= 15 is 0 Å². The van der Waals surface area contributed by atoms with Crippen molar-refractivity contribution in [3.8, 4) is 5.75 Å². The number of benzene rings is 1. The lowest BCUT2D eigenvalue weighted by molar-refractivity contribution is -0.274.